The van der Waals surface area contributed by atoms with Gasteiger partial charge in [-0.1, -0.05) is 71.9 Å². The normalized spacial score (nSPS) is 14.4. The van der Waals surface area contributed by atoms with Gasteiger partial charge in [0, 0.05) is 6.04 Å². The Morgan fingerprint density at radius 1 is 0.824 bits per heavy atom. The maximum Gasteiger partial charge on any atom is 0.00418 e. The first-order valence-corrected chi connectivity index (χ1v) is 6.93. The Labute approximate surface area is 108 Å². The topological polar surface area (TPSA) is 26.0 Å². The molecule has 3 atom stereocenters. The van der Waals surface area contributed by atoms with Crippen LogP contribution in [-0.4, -0.2) is 6.04 Å². The molecule has 0 amide bonds. The third-order valence-electron chi connectivity index (χ3n) is 2.94. The van der Waals surface area contributed by atoms with Gasteiger partial charge in [0.2, 0.25) is 0 Å². The summed E-state index contributed by atoms with van der Waals surface area (Å²) in [5, 5.41) is 0. The zero-order chi connectivity index (χ0) is 13.8. The van der Waals surface area contributed by atoms with Crippen molar-refractivity contribution in [3.63, 3.8) is 0 Å². The fourth-order valence-corrected chi connectivity index (χ4v) is 1.52. The van der Waals surface area contributed by atoms with Crippen molar-refractivity contribution in [1.82, 2.24) is 0 Å². The van der Waals surface area contributed by atoms with Crippen LogP contribution < -0.4 is 5.73 Å². The highest BCUT2D eigenvalue weighted by molar-refractivity contribution is 5.19. The Morgan fingerprint density at radius 2 is 1.24 bits per heavy atom. The molecule has 100 valence electrons. The van der Waals surface area contributed by atoms with E-state index < -0.39 is 0 Å². The lowest BCUT2D eigenvalue weighted by molar-refractivity contribution is 0.416. The maximum atomic E-state index is 5.87. The summed E-state index contributed by atoms with van der Waals surface area (Å²) >= 11 is 0. The molecule has 2 N–H and O–H groups in total. The third-order valence-corrected chi connectivity index (χ3v) is 2.94. The fraction of sp³-hybridized carbons (Fsp3) is 0.625. The van der Waals surface area contributed by atoms with Crippen LogP contribution in [0.4, 0.5) is 0 Å². The van der Waals surface area contributed by atoms with Crippen molar-refractivity contribution in [2.45, 2.75) is 60.4 Å². The summed E-state index contributed by atoms with van der Waals surface area (Å²) in [5.41, 5.74) is 7.26. The summed E-state index contributed by atoms with van der Waals surface area (Å²) in [6.45, 7) is 14.5. The molecule has 0 radical (unpaired) electrons. The molecule has 0 heterocycles. The Bertz CT molecular complexity index is 241. The minimum atomic E-state index is 0.259. The molecule has 3 unspecified atom stereocenters. The fourth-order valence-electron chi connectivity index (χ4n) is 1.52. The molecule has 0 bridgehead atoms. The summed E-state index contributed by atoms with van der Waals surface area (Å²) in [6.07, 6.45) is 0. The molecule has 0 aliphatic rings. The van der Waals surface area contributed by atoms with E-state index in [1.165, 1.54) is 5.56 Å². The molecule has 1 aromatic carbocycles. The molecule has 0 aromatic heterocycles. The average molecular weight is 237 g/mol. The minimum absolute atomic E-state index is 0.259. The SMILES string of the molecule is CC.CC.CC(N)C(C)C(C)c1ccccc1. The largest absolute Gasteiger partial charge is 0.328 e. The van der Waals surface area contributed by atoms with Crippen molar-refractivity contribution in [2.24, 2.45) is 11.7 Å². The van der Waals surface area contributed by atoms with Gasteiger partial charge in [0.05, 0.1) is 0 Å². The molecule has 0 saturated heterocycles. The minimum Gasteiger partial charge on any atom is -0.328 e. The van der Waals surface area contributed by atoms with Crippen molar-refractivity contribution in [3.05, 3.63) is 35.9 Å². The zero-order valence-electron chi connectivity index (χ0n) is 12.7. The summed E-state index contributed by atoms with van der Waals surface area (Å²) in [6, 6.07) is 10.8. The van der Waals surface area contributed by atoms with E-state index in [4.69, 9.17) is 5.73 Å². The van der Waals surface area contributed by atoms with Gasteiger partial charge in [0.15, 0.2) is 0 Å². The van der Waals surface area contributed by atoms with Gasteiger partial charge in [-0.2, -0.15) is 0 Å². The molecule has 0 fully saturated rings. The highest BCUT2D eigenvalue weighted by Gasteiger charge is 2.16. The first-order valence-electron chi connectivity index (χ1n) is 6.93. The first kappa shape index (κ1) is 18.5. The quantitative estimate of drug-likeness (QED) is 0.801. The van der Waals surface area contributed by atoms with Crippen LogP contribution in [0.5, 0.6) is 0 Å². The van der Waals surface area contributed by atoms with Gasteiger partial charge >= 0.3 is 0 Å². The van der Waals surface area contributed by atoms with E-state index in [2.05, 4.69) is 45.0 Å². The molecule has 1 aromatic rings. The second kappa shape index (κ2) is 11.7. The van der Waals surface area contributed by atoms with Crippen LogP contribution in [0.2, 0.25) is 0 Å². The highest BCUT2D eigenvalue weighted by atomic mass is 14.6. The smallest absolute Gasteiger partial charge is 0.00418 e. The van der Waals surface area contributed by atoms with E-state index in [0.29, 0.717) is 11.8 Å². The Kier molecular flexibility index (Phi) is 12.7. The first-order chi connectivity index (χ1) is 8.13. The third kappa shape index (κ3) is 7.17. The number of benzene rings is 1. The van der Waals surface area contributed by atoms with Crippen LogP contribution in [-0.2, 0) is 0 Å². The second-order valence-electron chi connectivity index (χ2n) is 3.92. The lowest BCUT2D eigenvalue weighted by Gasteiger charge is -2.23. The Balaban J connectivity index is 0. The van der Waals surface area contributed by atoms with E-state index in [-0.39, 0.29) is 6.04 Å². The monoisotopic (exact) mass is 237 g/mol. The van der Waals surface area contributed by atoms with Crippen molar-refractivity contribution < 1.29 is 0 Å². The standard InChI is InChI=1S/C12H19N.2C2H6/c1-9(11(3)13)10(2)12-7-5-4-6-8-12;2*1-2/h4-11H,13H2,1-3H3;2*1-2H3. The Hall–Kier alpha value is -0.820. The number of nitrogens with two attached hydrogens (primary N) is 1. The van der Waals surface area contributed by atoms with E-state index in [9.17, 15) is 0 Å². The predicted octanol–water partition coefficient (Wildman–Crippen LogP) is 4.83. The molecule has 1 nitrogen and oxygen atoms in total. The molecule has 1 rings (SSSR count). The molecule has 1 heteroatoms. The van der Waals surface area contributed by atoms with E-state index in [1.54, 1.807) is 0 Å². The predicted molar refractivity (Wildman–Crippen MR) is 80.4 cm³/mol. The molecule has 0 aliphatic heterocycles. The molecule has 0 aliphatic carbocycles. The molecule has 0 spiro atoms. The zero-order valence-corrected chi connectivity index (χ0v) is 12.7. The van der Waals surface area contributed by atoms with Crippen LogP contribution in [0.15, 0.2) is 30.3 Å². The van der Waals surface area contributed by atoms with Crippen LogP contribution in [0, 0.1) is 5.92 Å². The summed E-state index contributed by atoms with van der Waals surface area (Å²) < 4.78 is 0. The summed E-state index contributed by atoms with van der Waals surface area (Å²) in [4.78, 5) is 0. The number of hydrogen-bond acceptors (Lipinski definition) is 1. The van der Waals surface area contributed by atoms with E-state index in [0.717, 1.165) is 0 Å². The lowest BCUT2D eigenvalue weighted by Crippen LogP contribution is -2.28. The molecule has 0 saturated carbocycles. The van der Waals surface area contributed by atoms with Gasteiger partial charge in [-0.05, 0) is 24.3 Å². The highest BCUT2D eigenvalue weighted by Crippen LogP contribution is 2.25. The van der Waals surface area contributed by atoms with Gasteiger partial charge in [0.25, 0.3) is 0 Å². The van der Waals surface area contributed by atoms with Crippen LogP contribution in [0.25, 0.3) is 0 Å². The number of rotatable bonds is 3. The van der Waals surface area contributed by atoms with Crippen LogP contribution in [0.3, 0.4) is 0 Å². The van der Waals surface area contributed by atoms with Gasteiger partial charge in [-0.25, -0.2) is 0 Å². The maximum absolute atomic E-state index is 5.87. The summed E-state index contributed by atoms with van der Waals surface area (Å²) in [7, 11) is 0. The Morgan fingerprint density at radius 3 is 1.59 bits per heavy atom. The van der Waals surface area contributed by atoms with Gasteiger partial charge in [-0.3, -0.25) is 0 Å². The number of hydrogen-bond donors (Lipinski definition) is 1. The molecule has 17 heavy (non-hydrogen) atoms. The van der Waals surface area contributed by atoms with Crippen molar-refractivity contribution in [3.8, 4) is 0 Å². The van der Waals surface area contributed by atoms with Crippen molar-refractivity contribution >= 4 is 0 Å². The summed E-state index contributed by atoms with van der Waals surface area (Å²) in [5.74, 6) is 1.07. The van der Waals surface area contributed by atoms with Gasteiger partial charge in [-0.15, -0.1) is 0 Å². The van der Waals surface area contributed by atoms with Crippen molar-refractivity contribution in [1.29, 1.82) is 0 Å². The van der Waals surface area contributed by atoms with Crippen molar-refractivity contribution in [2.75, 3.05) is 0 Å². The van der Waals surface area contributed by atoms with E-state index >= 15 is 0 Å². The van der Waals surface area contributed by atoms with Crippen LogP contribution >= 0.6 is 0 Å². The molecular formula is C16H31N. The van der Waals surface area contributed by atoms with E-state index in [1.807, 2.05) is 33.8 Å². The lowest BCUT2D eigenvalue weighted by atomic mass is 9.85. The average Bonchev–Trinajstić information content (AvgIpc) is 2.42. The molecular weight excluding hydrogens is 206 g/mol. The van der Waals surface area contributed by atoms with Crippen LogP contribution in [0.1, 0.15) is 59.9 Å². The second-order valence-corrected chi connectivity index (χ2v) is 3.92. The van der Waals surface area contributed by atoms with Gasteiger partial charge < -0.3 is 5.73 Å². The van der Waals surface area contributed by atoms with Gasteiger partial charge in [0.1, 0.15) is 0 Å².